The van der Waals surface area contributed by atoms with Crippen LogP contribution in [0.5, 0.6) is 0 Å². The zero-order chi connectivity index (χ0) is 7.70. The third-order valence-corrected chi connectivity index (χ3v) is 1.72. The molecule has 0 aromatic heterocycles. The van der Waals surface area contributed by atoms with Crippen LogP contribution in [0.3, 0.4) is 0 Å². The molecule has 0 aromatic carbocycles. The summed E-state index contributed by atoms with van der Waals surface area (Å²) in [5.41, 5.74) is 0. The summed E-state index contributed by atoms with van der Waals surface area (Å²) in [5, 5.41) is 0. The Kier molecular flexibility index (Phi) is 15.7. The van der Waals surface area contributed by atoms with Gasteiger partial charge in [0.1, 0.15) is 0 Å². The van der Waals surface area contributed by atoms with Gasteiger partial charge in [-0.15, -0.1) is 0 Å². The Labute approximate surface area is 69.1 Å². The Bertz CT molecular complexity index is 35.3. The normalized spacial score (nSPS) is 8.67. The van der Waals surface area contributed by atoms with Gasteiger partial charge in [-0.1, -0.05) is 0 Å². The van der Waals surface area contributed by atoms with E-state index >= 15 is 0 Å². The van der Waals surface area contributed by atoms with Crippen LogP contribution < -0.4 is 0 Å². The van der Waals surface area contributed by atoms with Crippen molar-refractivity contribution >= 4 is 22.5 Å². The SMILES string of the molecule is CC(F)F.CCC[CH2][SnH]. The van der Waals surface area contributed by atoms with Crippen molar-refractivity contribution in [3.8, 4) is 0 Å². The number of unbranched alkanes of at least 4 members (excludes halogenated alkanes) is 1. The van der Waals surface area contributed by atoms with Crippen molar-refractivity contribution in [3.63, 3.8) is 0 Å². The molecule has 0 saturated heterocycles. The summed E-state index contributed by atoms with van der Waals surface area (Å²) in [4.78, 5) is 0. The van der Waals surface area contributed by atoms with Crippen molar-refractivity contribution < 1.29 is 8.78 Å². The van der Waals surface area contributed by atoms with Gasteiger partial charge in [-0.3, -0.25) is 0 Å². The third-order valence-electron chi connectivity index (χ3n) is 0.558. The molecule has 2 radical (unpaired) electrons. The van der Waals surface area contributed by atoms with Gasteiger partial charge in [0.15, 0.2) is 0 Å². The van der Waals surface area contributed by atoms with E-state index in [1.807, 2.05) is 0 Å². The first-order chi connectivity index (χ1) is 4.15. The van der Waals surface area contributed by atoms with E-state index in [4.69, 9.17) is 0 Å². The molecule has 3 heteroatoms. The fourth-order valence-corrected chi connectivity index (χ4v) is 1.37. The van der Waals surface area contributed by atoms with Crippen LogP contribution in [0, 0.1) is 0 Å². The first-order valence-corrected chi connectivity index (χ1v) is 5.46. The number of halogens is 2. The van der Waals surface area contributed by atoms with Crippen LogP contribution in [-0.4, -0.2) is 29.0 Å². The second-order valence-electron chi connectivity index (χ2n) is 1.66. The Morgan fingerprint density at radius 2 is 1.78 bits per heavy atom. The number of hydrogen-bond donors (Lipinski definition) is 0. The number of rotatable bonds is 2. The summed E-state index contributed by atoms with van der Waals surface area (Å²) in [5.74, 6) is 0. The van der Waals surface area contributed by atoms with Crippen molar-refractivity contribution in [3.05, 3.63) is 0 Å². The minimum atomic E-state index is -2.17. The monoisotopic (exact) mass is 244 g/mol. The van der Waals surface area contributed by atoms with E-state index in [0.29, 0.717) is 0 Å². The van der Waals surface area contributed by atoms with Gasteiger partial charge >= 0.3 is 46.7 Å². The van der Waals surface area contributed by atoms with Crippen LogP contribution in [0.25, 0.3) is 0 Å². The third kappa shape index (κ3) is 54.3. The first kappa shape index (κ1) is 12.3. The van der Waals surface area contributed by atoms with Crippen molar-refractivity contribution in [2.24, 2.45) is 0 Å². The molecule has 0 saturated carbocycles. The molecule has 0 atom stereocenters. The van der Waals surface area contributed by atoms with Crippen LogP contribution in [-0.2, 0) is 0 Å². The van der Waals surface area contributed by atoms with Gasteiger partial charge in [0, 0.05) is 0 Å². The zero-order valence-corrected chi connectivity index (χ0v) is 9.33. The number of hydrogen-bond acceptors (Lipinski definition) is 0. The Morgan fingerprint density at radius 1 is 1.44 bits per heavy atom. The van der Waals surface area contributed by atoms with Crippen molar-refractivity contribution in [2.75, 3.05) is 0 Å². The van der Waals surface area contributed by atoms with E-state index in [-0.39, 0.29) is 0 Å². The maximum absolute atomic E-state index is 10.3. The molecule has 0 aliphatic heterocycles. The predicted molar refractivity (Wildman–Crippen MR) is 38.5 cm³/mol. The average Bonchev–Trinajstić information content (AvgIpc) is 1.66. The van der Waals surface area contributed by atoms with Crippen LogP contribution in [0.15, 0.2) is 0 Å². The molecule has 0 amide bonds. The predicted octanol–water partition coefficient (Wildman–Crippen LogP) is 2.38. The summed E-state index contributed by atoms with van der Waals surface area (Å²) in [6.07, 6.45) is 0.656. The minimum absolute atomic E-state index is 0.833. The molecule has 0 N–H and O–H groups in total. The van der Waals surface area contributed by atoms with Gasteiger partial charge < -0.3 is 0 Å². The van der Waals surface area contributed by atoms with Crippen LogP contribution in [0.1, 0.15) is 26.7 Å². The Hall–Kier alpha value is 0.659. The molecule has 0 fully saturated rings. The summed E-state index contributed by atoms with van der Waals surface area (Å²) < 4.78 is 22.1. The van der Waals surface area contributed by atoms with E-state index in [9.17, 15) is 8.78 Å². The van der Waals surface area contributed by atoms with Gasteiger partial charge in [0.2, 0.25) is 6.43 Å². The molecule has 56 valence electrons. The summed E-state index contributed by atoms with van der Waals surface area (Å²) in [6.45, 7) is 3.07. The Balaban J connectivity index is 0. The second kappa shape index (κ2) is 11.5. The van der Waals surface area contributed by atoms with Crippen molar-refractivity contribution in [2.45, 2.75) is 37.6 Å². The topological polar surface area (TPSA) is 0 Å². The van der Waals surface area contributed by atoms with Crippen LogP contribution in [0.4, 0.5) is 8.78 Å². The van der Waals surface area contributed by atoms with Crippen LogP contribution >= 0.6 is 0 Å². The van der Waals surface area contributed by atoms with Crippen LogP contribution in [0.2, 0.25) is 4.44 Å². The molecule has 0 aliphatic rings. The molecule has 9 heavy (non-hydrogen) atoms. The fraction of sp³-hybridized carbons (Fsp3) is 1.00. The molecule has 0 rings (SSSR count). The molecule has 0 bridgehead atoms. The van der Waals surface area contributed by atoms with Gasteiger partial charge in [0.05, 0.1) is 0 Å². The number of alkyl halides is 2. The van der Waals surface area contributed by atoms with Crippen molar-refractivity contribution in [1.29, 1.82) is 0 Å². The molecule has 0 nitrogen and oxygen atoms in total. The molecular weight excluding hydrogens is 229 g/mol. The first-order valence-electron chi connectivity index (χ1n) is 3.13. The summed E-state index contributed by atoms with van der Waals surface area (Å²) in [6, 6.07) is 0. The molecule has 0 aromatic rings. The fourth-order valence-electron chi connectivity index (χ4n) is 0.204. The van der Waals surface area contributed by atoms with Crippen molar-refractivity contribution in [1.82, 2.24) is 0 Å². The van der Waals surface area contributed by atoms with Gasteiger partial charge in [-0.25, -0.2) is 8.78 Å². The standard InChI is InChI=1S/C4H9.C2H4F2.Sn.H/c1-3-4-2;1-2(3)4;;/h1,3-4H2,2H3;2H,1H3;;. The summed E-state index contributed by atoms with van der Waals surface area (Å²) >= 11 is 1.45. The Morgan fingerprint density at radius 3 is 1.78 bits per heavy atom. The van der Waals surface area contributed by atoms with E-state index in [0.717, 1.165) is 6.92 Å². The van der Waals surface area contributed by atoms with E-state index < -0.39 is 6.43 Å². The zero-order valence-electron chi connectivity index (χ0n) is 6.03. The quantitative estimate of drug-likeness (QED) is 0.653. The molecular formula is C6H14F2Sn. The van der Waals surface area contributed by atoms with Gasteiger partial charge in [-0.05, 0) is 6.92 Å². The average molecular weight is 243 g/mol. The molecule has 0 spiro atoms. The van der Waals surface area contributed by atoms with Gasteiger partial charge in [-0.2, -0.15) is 0 Å². The molecule has 0 heterocycles. The van der Waals surface area contributed by atoms with E-state index in [1.54, 1.807) is 0 Å². The molecule has 0 unspecified atom stereocenters. The van der Waals surface area contributed by atoms with E-state index in [2.05, 4.69) is 6.92 Å². The van der Waals surface area contributed by atoms with E-state index in [1.165, 1.54) is 39.8 Å². The summed E-state index contributed by atoms with van der Waals surface area (Å²) in [7, 11) is 0. The maximum atomic E-state index is 10.3. The second-order valence-corrected chi connectivity index (χ2v) is 3.31. The molecule has 0 aliphatic carbocycles. The van der Waals surface area contributed by atoms with Gasteiger partial charge in [0.25, 0.3) is 0 Å².